The second kappa shape index (κ2) is 7.38. The second-order valence-electron chi connectivity index (χ2n) is 3.99. The number of hydrogen-bond acceptors (Lipinski definition) is 4. The standard InChI is InChI=1S/C11H22N4O/c1-3-5-16-6-4-11(14-12)7-10-8-13-15(2)9-10/h8-9,11,14H,3-7,12H2,1-2H3. The van der Waals surface area contributed by atoms with Crippen molar-refractivity contribution in [3.8, 4) is 0 Å². The summed E-state index contributed by atoms with van der Waals surface area (Å²) in [5, 5.41) is 4.13. The molecule has 0 amide bonds. The SMILES string of the molecule is CCCOCCC(Cc1cnn(C)c1)NN. The molecule has 1 unspecified atom stereocenters. The minimum Gasteiger partial charge on any atom is -0.381 e. The van der Waals surface area contributed by atoms with E-state index in [0.717, 1.165) is 32.5 Å². The van der Waals surface area contributed by atoms with Gasteiger partial charge >= 0.3 is 0 Å². The van der Waals surface area contributed by atoms with Crippen LogP contribution in [0.2, 0.25) is 0 Å². The Hall–Kier alpha value is -0.910. The molecule has 5 heteroatoms. The zero-order valence-electron chi connectivity index (χ0n) is 10.1. The smallest absolute Gasteiger partial charge is 0.0522 e. The van der Waals surface area contributed by atoms with Crippen molar-refractivity contribution in [2.24, 2.45) is 12.9 Å². The highest BCUT2D eigenvalue weighted by atomic mass is 16.5. The summed E-state index contributed by atoms with van der Waals surface area (Å²) in [6.07, 6.45) is 6.75. The van der Waals surface area contributed by atoms with Crippen LogP contribution in [0.15, 0.2) is 12.4 Å². The third kappa shape index (κ3) is 4.74. The molecular formula is C11H22N4O. The quantitative estimate of drug-likeness (QED) is 0.387. The summed E-state index contributed by atoms with van der Waals surface area (Å²) < 4.78 is 7.24. The van der Waals surface area contributed by atoms with E-state index in [0.29, 0.717) is 0 Å². The van der Waals surface area contributed by atoms with Gasteiger partial charge in [0.1, 0.15) is 0 Å². The summed E-state index contributed by atoms with van der Waals surface area (Å²) in [5.74, 6) is 5.51. The molecule has 1 heterocycles. The molecule has 0 bridgehead atoms. The van der Waals surface area contributed by atoms with Crippen LogP contribution in [-0.4, -0.2) is 29.0 Å². The van der Waals surface area contributed by atoms with E-state index in [9.17, 15) is 0 Å². The highest BCUT2D eigenvalue weighted by Gasteiger charge is 2.08. The fourth-order valence-corrected chi connectivity index (χ4v) is 1.58. The molecule has 3 N–H and O–H groups in total. The van der Waals surface area contributed by atoms with Gasteiger partial charge in [0, 0.05) is 32.5 Å². The third-order valence-electron chi connectivity index (χ3n) is 2.44. The largest absolute Gasteiger partial charge is 0.381 e. The van der Waals surface area contributed by atoms with Gasteiger partial charge in [-0.15, -0.1) is 0 Å². The van der Waals surface area contributed by atoms with Crippen LogP contribution in [-0.2, 0) is 18.2 Å². The zero-order valence-corrected chi connectivity index (χ0v) is 10.1. The average molecular weight is 226 g/mol. The number of aromatic nitrogens is 2. The summed E-state index contributed by atoms with van der Waals surface area (Å²) in [6, 6.07) is 0.251. The minimum absolute atomic E-state index is 0.251. The summed E-state index contributed by atoms with van der Waals surface area (Å²) in [4.78, 5) is 0. The molecule has 0 aliphatic heterocycles. The van der Waals surface area contributed by atoms with Gasteiger partial charge in [0.25, 0.3) is 0 Å². The number of aryl methyl sites for hydroxylation is 1. The Balaban J connectivity index is 2.26. The van der Waals surface area contributed by atoms with E-state index in [1.165, 1.54) is 5.56 Å². The van der Waals surface area contributed by atoms with Crippen molar-refractivity contribution < 1.29 is 4.74 Å². The monoisotopic (exact) mass is 226 g/mol. The maximum Gasteiger partial charge on any atom is 0.0522 e. The van der Waals surface area contributed by atoms with E-state index in [4.69, 9.17) is 10.6 Å². The normalized spacial score (nSPS) is 12.9. The van der Waals surface area contributed by atoms with E-state index in [1.54, 1.807) is 4.68 Å². The van der Waals surface area contributed by atoms with Crippen LogP contribution < -0.4 is 11.3 Å². The van der Waals surface area contributed by atoms with E-state index in [2.05, 4.69) is 17.4 Å². The maximum absolute atomic E-state index is 5.51. The zero-order chi connectivity index (χ0) is 11.8. The molecule has 1 atom stereocenters. The van der Waals surface area contributed by atoms with Gasteiger partial charge in [-0.3, -0.25) is 16.0 Å². The Kier molecular flexibility index (Phi) is 6.07. The molecule has 0 fully saturated rings. The van der Waals surface area contributed by atoms with E-state index >= 15 is 0 Å². The first kappa shape index (κ1) is 13.2. The van der Waals surface area contributed by atoms with Gasteiger partial charge in [-0.25, -0.2) is 0 Å². The van der Waals surface area contributed by atoms with Gasteiger partial charge < -0.3 is 4.74 Å². The lowest BCUT2D eigenvalue weighted by molar-refractivity contribution is 0.124. The number of hydrogen-bond donors (Lipinski definition) is 2. The predicted molar refractivity (Wildman–Crippen MR) is 63.8 cm³/mol. The summed E-state index contributed by atoms with van der Waals surface area (Å²) >= 11 is 0. The molecule has 0 radical (unpaired) electrons. The fraction of sp³-hybridized carbons (Fsp3) is 0.727. The molecule has 0 saturated carbocycles. The van der Waals surface area contributed by atoms with Gasteiger partial charge in [0.05, 0.1) is 6.20 Å². The number of nitrogens with one attached hydrogen (secondary N) is 1. The van der Waals surface area contributed by atoms with Gasteiger partial charge in [-0.05, 0) is 24.8 Å². The lowest BCUT2D eigenvalue weighted by atomic mass is 10.1. The van der Waals surface area contributed by atoms with Crippen LogP contribution in [0.4, 0.5) is 0 Å². The Labute approximate surface area is 96.9 Å². The number of ether oxygens (including phenoxy) is 1. The number of nitrogens with zero attached hydrogens (tertiary/aromatic N) is 2. The van der Waals surface area contributed by atoms with Crippen molar-refractivity contribution in [2.75, 3.05) is 13.2 Å². The Morgan fingerprint density at radius 3 is 2.94 bits per heavy atom. The predicted octanol–water partition coefficient (Wildman–Crippen LogP) is 0.611. The summed E-state index contributed by atoms with van der Waals surface area (Å²) in [5.41, 5.74) is 4.01. The van der Waals surface area contributed by atoms with Crippen molar-refractivity contribution in [2.45, 2.75) is 32.2 Å². The topological polar surface area (TPSA) is 65.1 Å². The fourth-order valence-electron chi connectivity index (χ4n) is 1.58. The molecule has 0 aliphatic rings. The van der Waals surface area contributed by atoms with E-state index < -0.39 is 0 Å². The second-order valence-corrected chi connectivity index (χ2v) is 3.99. The molecule has 0 aliphatic carbocycles. The lowest BCUT2D eigenvalue weighted by Crippen LogP contribution is -2.37. The number of rotatable bonds is 8. The summed E-state index contributed by atoms with van der Waals surface area (Å²) in [6.45, 7) is 3.68. The van der Waals surface area contributed by atoms with Crippen LogP contribution >= 0.6 is 0 Å². The molecule has 1 aromatic heterocycles. The maximum atomic E-state index is 5.51. The van der Waals surface area contributed by atoms with Crippen LogP contribution in [0, 0.1) is 0 Å². The highest BCUT2D eigenvalue weighted by Crippen LogP contribution is 2.04. The molecule has 1 rings (SSSR count). The summed E-state index contributed by atoms with van der Waals surface area (Å²) in [7, 11) is 1.92. The van der Waals surface area contributed by atoms with E-state index in [1.807, 2.05) is 19.4 Å². The van der Waals surface area contributed by atoms with Gasteiger partial charge in [-0.2, -0.15) is 5.10 Å². The number of nitrogens with two attached hydrogens (primary N) is 1. The third-order valence-corrected chi connectivity index (χ3v) is 2.44. The molecule has 1 aromatic rings. The molecule has 5 nitrogen and oxygen atoms in total. The van der Waals surface area contributed by atoms with Crippen LogP contribution in [0.1, 0.15) is 25.3 Å². The molecule has 16 heavy (non-hydrogen) atoms. The highest BCUT2D eigenvalue weighted by molar-refractivity contribution is 5.05. The Morgan fingerprint density at radius 2 is 2.38 bits per heavy atom. The van der Waals surface area contributed by atoms with Crippen molar-refractivity contribution in [1.82, 2.24) is 15.2 Å². The van der Waals surface area contributed by atoms with Crippen molar-refractivity contribution in [3.63, 3.8) is 0 Å². The molecule has 0 spiro atoms. The lowest BCUT2D eigenvalue weighted by Gasteiger charge is -2.14. The van der Waals surface area contributed by atoms with Gasteiger partial charge in [0.2, 0.25) is 0 Å². The number of hydrazine groups is 1. The average Bonchev–Trinajstić information content (AvgIpc) is 2.68. The van der Waals surface area contributed by atoms with Crippen LogP contribution in [0.3, 0.4) is 0 Å². The van der Waals surface area contributed by atoms with Crippen molar-refractivity contribution in [3.05, 3.63) is 18.0 Å². The first-order valence-electron chi connectivity index (χ1n) is 5.77. The first-order valence-corrected chi connectivity index (χ1v) is 5.77. The Morgan fingerprint density at radius 1 is 1.56 bits per heavy atom. The van der Waals surface area contributed by atoms with Gasteiger partial charge in [0.15, 0.2) is 0 Å². The molecule has 0 saturated heterocycles. The Bertz CT molecular complexity index is 287. The van der Waals surface area contributed by atoms with Crippen molar-refractivity contribution in [1.29, 1.82) is 0 Å². The molecule has 92 valence electrons. The van der Waals surface area contributed by atoms with Crippen LogP contribution in [0.25, 0.3) is 0 Å². The molecular weight excluding hydrogens is 204 g/mol. The first-order chi connectivity index (χ1) is 7.76. The van der Waals surface area contributed by atoms with Crippen LogP contribution in [0.5, 0.6) is 0 Å². The van der Waals surface area contributed by atoms with Crippen molar-refractivity contribution >= 4 is 0 Å². The van der Waals surface area contributed by atoms with Gasteiger partial charge in [-0.1, -0.05) is 6.92 Å². The molecule has 0 aromatic carbocycles. The minimum atomic E-state index is 0.251. The van der Waals surface area contributed by atoms with E-state index in [-0.39, 0.29) is 6.04 Å².